The molecule has 68 valence electrons. The third-order valence-electron chi connectivity index (χ3n) is 1.60. The van der Waals surface area contributed by atoms with E-state index in [1.165, 1.54) is 0 Å². The van der Waals surface area contributed by atoms with Gasteiger partial charge >= 0.3 is 0 Å². The van der Waals surface area contributed by atoms with E-state index < -0.39 is 0 Å². The van der Waals surface area contributed by atoms with Crippen molar-refractivity contribution in [2.45, 2.75) is 13.8 Å². The van der Waals surface area contributed by atoms with Crippen LogP contribution in [-0.4, -0.2) is 31.2 Å². The monoisotopic (exact) mass is 160 g/mol. The van der Waals surface area contributed by atoms with Gasteiger partial charge in [-0.25, -0.2) is 5.01 Å². The summed E-state index contributed by atoms with van der Waals surface area (Å²) in [5.41, 5.74) is 11.0. The summed E-state index contributed by atoms with van der Waals surface area (Å²) in [5, 5.41) is 1.72. The lowest BCUT2D eigenvalue weighted by Crippen LogP contribution is -2.44. The summed E-state index contributed by atoms with van der Waals surface area (Å²) < 4.78 is 0. The topological polar surface area (TPSA) is 81.3 Å². The Kier molecular flexibility index (Phi) is 4.60. The van der Waals surface area contributed by atoms with Gasteiger partial charge in [-0.2, -0.15) is 0 Å². The molecule has 0 spiro atoms. The molecule has 0 amide bonds. The second kappa shape index (κ2) is 4.66. The van der Waals surface area contributed by atoms with Crippen molar-refractivity contribution in [1.29, 1.82) is 0 Å². The minimum absolute atomic E-state index is 0.0872. The molecule has 4 nitrogen and oxygen atoms in total. The van der Waals surface area contributed by atoms with E-state index in [0.29, 0.717) is 13.1 Å². The van der Waals surface area contributed by atoms with E-state index in [-0.39, 0.29) is 5.41 Å². The Morgan fingerprint density at radius 1 is 1.27 bits per heavy atom. The highest BCUT2D eigenvalue weighted by atomic mass is 15.4. The molecule has 0 aromatic carbocycles. The van der Waals surface area contributed by atoms with Crippen LogP contribution < -0.4 is 17.3 Å². The molecule has 6 N–H and O–H groups in total. The summed E-state index contributed by atoms with van der Waals surface area (Å²) in [6.07, 6.45) is 0. The van der Waals surface area contributed by atoms with Crippen molar-refractivity contribution in [2.24, 2.45) is 22.7 Å². The van der Waals surface area contributed by atoms with E-state index in [4.69, 9.17) is 17.3 Å². The average Bonchev–Trinajstić information content (AvgIpc) is 1.87. The van der Waals surface area contributed by atoms with Crippen molar-refractivity contribution in [1.82, 2.24) is 5.01 Å². The standard InChI is InChI=1S/C7H20N4/c1-7(2,5-9)6-11(10)4-3-8/h3-6,8-10H2,1-2H3. The first kappa shape index (κ1) is 10.8. The maximum Gasteiger partial charge on any atom is 0.0251 e. The maximum atomic E-state index is 5.64. The number of hydrogen-bond acceptors (Lipinski definition) is 4. The molecule has 0 atom stereocenters. The van der Waals surface area contributed by atoms with E-state index >= 15 is 0 Å². The summed E-state index contributed by atoms with van der Waals surface area (Å²) in [6.45, 7) is 6.93. The predicted octanol–water partition coefficient (Wildman–Crippen LogP) is -0.894. The van der Waals surface area contributed by atoms with Crippen LogP contribution in [0.1, 0.15) is 13.8 Å². The molecule has 0 saturated carbocycles. The van der Waals surface area contributed by atoms with Crippen LogP contribution in [0.25, 0.3) is 0 Å². The maximum absolute atomic E-state index is 5.64. The fraction of sp³-hybridized carbons (Fsp3) is 1.00. The molecule has 0 rings (SSSR count). The number of nitrogens with two attached hydrogens (primary N) is 3. The van der Waals surface area contributed by atoms with Gasteiger partial charge in [0.2, 0.25) is 0 Å². The van der Waals surface area contributed by atoms with Crippen LogP contribution in [0.2, 0.25) is 0 Å². The second-order valence-electron chi connectivity index (χ2n) is 3.63. The van der Waals surface area contributed by atoms with Crippen LogP contribution >= 0.6 is 0 Å². The van der Waals surface area contributed by atoms with Gasteiger partial charge in [0.1, 0.15) is 0 Å². The third kappa shape index (κ3) is 5.15. The summed E-state index contributed by atoms with van der Waals surface area (Å²) >= 11 is 0. The molecule has 0 heterocycles. The molecule has 0 unspecified atom stereocenters. The van der Waals surface area contributed by atoms with Crippen LogP contribution in [0.3, 0.4) is 0 Å². The molecule has 0 radical (unpaired) electrons. The molecule has 0 fully saturated rings. The molecule has 0 bridgehead atoms. The summed E-state index contributed by atoms with van der Waals surface area (Å²) in [4.78, 5) is 0. The molecule has 0 aromatic rings. The third-order valence-corrected chi connectivity index (χ3v) is 1.60. The molecule has 11 heavy (non-hydrogen) atoms. The minimum atomic E-state index is 0.0872. The highest BCUT2D eigenvalue weighted by molar-refractivity contribution is 4.72. The predicted molar refractivity (Wildman–Crippen MR) is 47.7 cm³/mol. The number of hydrogen-bond donors (Lipinski definition) is 3. The number of nitrogens with zero attached hydrogens (tertiary/aromatic N) is 1. The van der Waals surface area contributed by atoms with Gasteiger partial charge in [0, 0.05) is 19.6 Å². The summed E-state index contributed by atoms with van der Waals surface area (Å²) in [7, 11) is 0. The van der Waals surface area contributed by atoms with Crippen molar-refractivity contribution >= 4 is 0 Å². The van der Waals surface area contributed by atoms with Gasteiger partial charge in [0.05, 0.1) is 0 Å². The lowest BCUT2D eigenvalue weighted by molar-refractivity contribution is 0.190. The van der Waals surface area contributed by atoms with Gasteiger partial charge < -0.3 is 11.5 Å². The highest BCUT2D eigenvalue weighted by Gasteiger charge is 2.17. The SMILES string of the molecule is CC(C)(CN)CN(N)CCN. The van der Waals surface area contributed by atoms with E-state index in [2.05, 4.69) is 13.8 Å². The van der Waals surface area contributed by atoms with Crippen molar-refractivity contribution in [3.63, 3.8) is 0 Å². The van der Waals surface area contributed by atoms with Gasteiger partial charge in [-0.3, -0.25) is 5.84 Å². The van der Waals surface area contributed by atoms with Crippen molar-refractivity contribution < 1.29 is 0 Å². The van der Waals surface area contributed by atoms with Crippen LogP contribution in [0, 0.1) is 5.41 Å². The molecule has 0 saturated heterocycles. The Balaban J connectivity index is 3.64. The first-order valence-corrected chi connectivity index (χ1v) is 3.91. The highest BCUT2D eigenvalue weighted by Crippen LogP contribution is 2.12. The van der Waals surface area contributed by atoms with Crippen LogP contribution in [0.15, 0.2) is 0 Å². The zero-order valence-corrected chi connectivity index (χ0v) is 7.51. The smallest absolute Gasteiger partial charge is 0.0251 e. The second-order valence-corrected chi connectivity index (χ2v) is 3.63. The van der Waals surface area contributed by atoms with Gasteiger partial charge in [0.25, 0.3) is 0 Å². The number of hydrazine groups is 1. The molecule has 0 aromatic heterocycles. The zero-order chi connectivity index (χ0) is 8.91. The van der Waals surface area contributed by atoms with Crippen LogP contribution in [0.4, 0.5) is 0 Å². The van der Waals surface area contributed by atoms with E-state index in [0.717, 1.165) is 13.1 Å². The van der Waals surface area contributed by atoms with Crippen LogP contribution in [0.5, 0.6) is 0 Å². The van der Waals surface area contributed by atoms with Crippen molar-refractivity contribution in [3.05, 3.63) is 0 Å². The normalized spacial score (nSPS) is 12.5. The molecular formula is C7H20N4. The lowest BCUT2D eigenvalue weighted by atomic mass is 9.94. The van der Waals surface area contributed by atoms with Crippen LogP contribution in [-0.2, 0) is 0 Å². The molecule has 0 aliphatic carbocycles. The van der Waals surface area contributed by atoms with Gasteiger partial charge in [-0.15, -0.1) is 0 Å². The van der Waals surface area contributed by atoms with Gasteiger partial charge in [-0.1, -0.05) is 13.8 Å². The first-order valence-electron chi connectivity index (χ1n) is 3.91. The fourth-order valence-electron chi connectivity index (χ4n) is 0.859. The van der Waals surface area contributed by atoms with E-state index in [9.17, 15) is 0 Å². The quantitative estimate of drug-likeness (QED) is 0.360. The lowest BCUT2D eigenvalue weighted by Gasteiger charge is -2.28. The Hall–Kier alpha value is -0.160. The first-order chi connectivity index (χ1) is 5.02. The summed E-state index contributed by atoms with van der Waals surface area (Å²) in [5.74, 6) is 5.64. The summed E-state index contributed by atoms with van der Waals surface area (Å²) in [6, 6.07) is 0. The van der Waals surface area contributed by atoms with Crippen molar-refractivity contribution in [2.75, 3.05) is 26.2 Å². The Bertz CT molecular complexity index is 103. The average molecular weight is 160 g/mol. The largest absolute Gasteiger partial charge is 0.330 e. The van der Waals surface area contributed by atoms with E-state index in [1.807, 2.05) is 0 Å². The Morgan fingerprint density at radius 3 is 2.18 bits per heavy atom. The van der Waals surface area contributed by atoms with Gasteiger partial charge in [-0.05, 0) is 12.0 Å². The zero-order valence-electron chi connectivity index (χ0n) is 7.51. The molecule has 4 heteroatoms. The fourth-order valence-corrected chi connectivity index (χ4v) is 0.859. The van der Waals surface area contributed by atoms with E-state index in [1.54, 1.807) is 5.01 Å². The molecular weight excluding hydrogens is 140 g/mol. The minimum Gasteiger partial charge on any atom is -0.330 e. The number of rotatable bonds is 5. The molecule has 0 aliphatic heterocycles. The Labute approximate surface area is 68.7 Å². The van der Waals surface area contributed by atoms with Crippen molar-refractivity contribution in [3.8, 4) is 0 Å². The molecule has 0 aliphatic rings. The van der Waals surface area contributed by atoms with Gasteiger partial charge in [0.15, 0.2) is 0 Å². The Morgan fingerprint density at radius 2 is 1.82 bits per heavy atom.